The number of piperazine rings is 1. The van der Waals surface area contributed by atoms with Crippen LogP contribution in [0.5, 0.6) is 0 Å². The van der Waals surface area contributed by atoms with Gasteiger partial charge in [-0.25, -0.2) is 0 Å². The highest BCUT2D eigenvalue weighted by Crippen LogP contribution is 2.20. The standard InChI is InChI=1S/C20H34ClN5O.HI/c1-20(2,27-4)16-24-19(22-3)23-9-6-10-25-11-13-26(14-12-25)18-8-5-7-17(21)15-18;/h5,7-8,15H,6,9-14,16H2,1-4H3,(H2,22,23,24);1H. The number of aliphatic imine (C=N–C) groups is 1. The van der Waals surface area contributed by atoms with Crippen LogP contribution in [0.3, 0.4) is 0 Å². The van der Waals surface area contributed by atoms with Crippen LogP contribution in [0.1, 0.15) is 20.3 Å². The number of halogens is 2. The van der Waals surface area contributed by atoms with Crippen molar-refractivity contribution in [2.24, 2.45) is 4.99 Å². The third-order valence-electron chi connectivity index (χ3n) is 4.95. The number of guanidine groups is 1. The molecule has 0 unspecified atom stereocenters. The summed E-state index contributed by atoms with van der Waals surface area (Å²) in [7, 11) is 3.52. The summed E-state index contributed by atoms with van der Waals surface area (Å²) in [6, 6.07) is 8.12. The minimum atomic E-state index is -0.208. The smallest absolute Gasteiger partial charge is 0.191 e. The first-order valence-corrected chi connectivity index (χ1v) is 10.0. The molecule has 1 aliphatic rings. The number of ether oxygens (including phenoxy) is 1. The summed E-state index contributed by atoms with van der Waals surface area (Å²) in [5.41, 5.74) is 1.01. The maximum atomic E-state index is 6.10. The SMILES string of the molecule is CN=C(NCCCN1CCN(c2cccc(Cl)c2)CC1)NCC(C)(C)OC.I. The second-order valence-corrected chi connectivity index (χ2v) is 7.91. The third-order valence-corrected chi connectivity index (χ3v) is 5.18. The van der Waals surface area contributed by atoms with Crippen LogP contribution in [0.25, 0.3) is 0 Å². The van der Waals surface area contributed by atoms with E-state index in [4.69, 9.17) is 16.3 Å². The maximum Gasteiger partial charge on any atom is 0.191 e. The fourth-order valence-corrected chi connectivity index (χ4v) is 3.19. The fourth-order valence-electron chi connectivity index (χ4n) is 3.00. The molecule has 0 saturated carbocycles. The molecule has 0 aromatic heterocycles. The van der Waals surface area contributed by atoms with E-state index in [1.807, 2.05) is 18.2 Å². The molecule has 8 heteroatoms. The van der Waals surface area contributed by atoms with E-state index < -0.39 is 0 Å². The van der Waals surface area contributed by atoms with Gasteiger partial charge in [0.2, 0.25) is 0 Å². The summed E-state index contributed by atoms with van der Waals surface area (Å²) in [6.45, 7) is 11.1. The van der Waals surface area contributed by atoms with Gasteiger partial charge in [0.05, 0.1) is 5.60 Å². The first-order valence-electron chi connectivity index (χ1n) is 9.66. The van der Waals surface area contributed by atoms with Crippen LogP contribution < -0.4 is 15.5 Å². The molecular weight excluding hydrogens is 489 g/mol. The van der Waals surface area contributed by atoms with Crippen molar-refractivity contribution >= 4 is 47.2 Å². The van der Waals surface area contributed by atoms with Gasteiger partial charge in [-0.2, -0.15) is 0 Å². The zero-order valence-corrected chi connectivity index (χ0v) is 20.6. The summed E-state index contributed by atoms with van der Waals surface area (Å²) >= 11 is 6.10. The molecule has 1 aromatic rings. The fraction of sp³-hybridized carbons (Fsp3) is 0.650. The van der Waals surface area contributed by atoms with E-state index in [1.165, 1.54) is 5.69 Å². The molecule has 6 nitrogen and oxygen atoms in total. The van der Waals surface area contributed by atoms with Gasteiger partial charge in [-0.1, -0.05) is 17.7 Å². The van der Waals surface area contributed by atoms with Crippen molar-refractivity contribution in [3.05, 3.63) is 29.3 Å². The molecule has 1 saturated heterocycles. The minimum absolute atomic E-state index is 0. The van der Waals surface area contributed by atoms with Gasteiger partial charge in [0, 0.05) is 64.1 Å². The zero-order valence-electron chi connectivity index (χ0n) is 17.5. The molecule has 2 rings (SSSR count). The van der Waals surface area contributed by atoms with Crippen molar-refractivity contribution in [1.82, 2.24) is 15.5 Å². The van der Waals surface area contributed by atoms with E-state index in [0.717, 1.165) is 56.7 Å². The van der Waals surface area contributed by atoms with Gasteiger partial charge in [0.1, 0.15) is 0 Å². The molecule has 28 heavy (non-hydrogen) atoms. The van der Waals surface area contributed by atoms with E-state index >= 15 is 0 Å². The van der Waals surface area contributed by atoms with Gasteiger partial charge < -0.3 is 20.3 Å². The summed E-state index contributed by atoms with van der Waals surface area (Å²) in [6.07, 6.45) is 1.09. The Morgan fingerprint density at radius 3 is 2.54 bits per heavy atom. The molecule has 0 radical (unpaired) electrons. The lowest BCUT2D eigenvalue weighted by Gasteiger charge is -2.36. The highest BCUT2D eigenvalue weighted by molar-refractivity contribution is 14.0. The topological polar surface area (TPSA) is 52.1 Å². The first-order chi connectivity index (χ1) is 12.9. The van der Waals surface area contributed by atoms with E-state index in [0.29, 0.717) is 6.54 Å². The molecular formula is C20H35ClIN5O. The summed E-state index contributed by atoms with van der Waals surface area (Å²) < 4.78 is 5.42. The average molecular weight is 524 g/mol. The van der Waals surface area contributed by atoms with Crippen molar-refractivity contribution in [2.45, 2.75) is 25.9 Å². The quantitative estimate of drug-likeness (QED) is 0.237. The van der Waals surface area contributed by atoms with Crippen LogP contribution in [0.2, 0.25) is 5.02 Å². The Kier molecular flexibility index (Phi) is 11.5. The van der Waals surface area contributed by atoms with Gasteiger partial charge in [0.25, 0.3) is 0 Å². The number of hydrogen-bond donors (Lipinski definition) is 2. The Bertz CT molecular complexity index is 606. The maximum absolute atomic E-state index is 6.10. The first kappa shape index (κ1) is 25.3. The molecule has 0 bridgehead atoms. The number of anilines is 1. The highest BCUT2D eigenvalue weighted by atomic mass is 127. The largest absolute Gasteiger partial charge is 0.377 e. The minimum Gasteiger partial charge on any atom is -0.377 e. The van der Waals surface area contributed by atoms with Crippen molar-refractivity contribution < 1.29 is 4.74 Å². The number of nitrogens with zero attached hydrogens (tertiary/aromatic N) is 3. The van der Waals surface area contributed by atoms with Crippen LogP contribution in [0.4, 0.5) is 5.69 Å². The van der Waals surface area contributed by atoms with E-state index in [9.17, 15) is 0 Å². The molecule has 1 aromatic carbocycles. The lowest BCUT2D eigenvalue weighted by atomic mass is 10.1. The Labute approximate surface area is 192 Å². The molecule has 1 fully saturated rings. The van der Waals surface area contributed by atoms with Crippen molar-refractivity contribution in [3.8, 4) is 0 Å². The Hall–Kier alpha value is -0.770. The molecule has 1 heterocycles. The molecule has 1 aliphatic heterocycles. The summed E-state index contributed by atoms with van der Waals surface area (Å²) in [5, 5.41) is 7.49. The molecule has 0 spiro atoms. The van der Waals surface area contributed by atoms with Gasteiger partial charge in [-0.05, 0) is 45.0 Å². The Morgan fingerprint density at radius 2 is 1.93 bits per heavy atom. The van der Waals surface area contributed by atoms with Crippen molar-refractivity contribution in [1.29, 1.82) is 0 Å². The highest BCUT2D eigenvalue weighted by Gasteiger charge is 2.18. The second kappa shape index (κ2) is 12.7. The number of methoxy groups -OCH3 is 1. The lowest BCUT2D eigenvalue weighted by Crippen LogP contribution is -2.48. The summed E-state index contributed by atoms with van der Waals surface area (Å²) in [4.78, 5) is 9.20. The van der Waals surface area contributed by atoms with Gasteiger partial charge in [-0.15, -0.1) is 24.0 Å². The molecule has 0 amide bonds. The lowest BCUT2D eigenvalue weighted by molar-refractivity contribution is 0.0268. The predicted octanol–water partition coefficient (Wildman–Crippen LogP) is 3.06. The van der Waals surface area contributed by atoms with Crippen LogP contribution >= 0.6 is 35.6 Å². The van der Waals surface area contributed by atoms with Gasteiger partial charge in [0.15, 0.2) is 5.96 Å². The van der Waals surface area contributed by atoms with Crippen LogP contribution in [0, 0.1) is 0 Å². The molecule has 0 atom stereocenters. The molecule has 2 N–H and O–H groups in total. The van der Waals surface area contributed by atoms with Crippen molar-refractivity contribution in [2.75, 3.05) is 64.9 Å². The number of benzene rings is 1. The third kappa shape index (κ3) is 8.71. The number of nitrogens with one attached hydrogen (secondary N) is 2. The van der Waals surface area contributed by atoms with E-state index in [1.54, 1.807) is 14.2 Å². The van der Waals surface area contributed by atoms with Gasteiger partial charge >= 0.3 is 0 Å². The monoisotopic (exact) mass is 523 g/mol. The molecule has 160 valence electrons. The summed E-state index contributed by atoms with van der Waals surface area (Å²) in [5.74, 6) is 0.825. The zero-order chi connectivity index (χ0) is 19.7. The van der Waals surface area contributed by atoms with Crippen molar-refractivity contribution in [3.63, 3.8) is 0 Å². The van der Waals surface area contributed by atoms with Crippen LogP contribution in [-0.4, -0.2) is 76.4 Å². The van der Waals surface area contributed by atoms with E-state index in [2.05, 4.69) is 45.3 Å². The van der Waals surface area contributed by atoms with Crippen LogP contribution in [0.15, 0.2) is 29.3 Å². The second-order valence-electron chi connectivity index (χ2n) is 7.48. The molecule has 0 aliphatic carbocycles. The van der Waals surface area contributed by atoms with E-state index in [-0.39, 0.29) is 29.6 Å². The Balaban J connectivity index is 0.00000392. The Morgan fingerprint density at radius 1 is 1.21 bits per heavy atom. The van der Waals surface area contributed by atoms with Gasteiger partial charge in [-0.3, -0.25) is 9.89 Å². The number of rotatable bonds is 8. The van der Waals surface area contributed by atoms with Crippen LogP contribution in [-0.2, 0) is 4.74 Å². The predicted molar refractivity (Wildman–Crippen MR) is 131 cm³/mol. The normalized spacial score (nSPS) is 15.9. The number of hydrogen-bond acceptors (Lipinski definition) is 4. The average Bonchev–Trinajstić information content (AvgIpc) is 2.68.